The first kappa shape index (κ1) is 37.1. The first-order valence-corrected chi connectivity index (χ1v) is 16.3. The molecule has 1 unspecified atom stereocenters. The van der Waals surface area contributed by atoms with E-state index in [2.05, 4.69) is 31.3 Å². The molecule has 0 fully saturated rings. The summed E-state index contributed by atoms with van der Waals surface area (Å²) in [7, 11) is 0. The lowest BCUT2D eigenvalue weighted by atomic mass is 10.0. The molecule has 0 rings (SSSR count). The quantitative estimate of drug-likeness (QED) is 0.0549. The van der Waals surface area contributed by atoms with Crippen molar-refractivity contribution in [2.75, 3.05) is 6.54 Å². The molecule has 6 nitrogen and oxygen atoms in total. The standard InChI is InChI=1S/C33H61NO5/c1-3-5-7-9-11-13-17-21-25-30(39-33(38)28-24-20-14-12-10-8-6-4-2)26-22-18-15-16-19-23-27-31(35)34-29-32(36)37/h21,25,30H,3-20,22-24,26-29H2,1-2H3,(H,34,35)(H,36,37)/b25-21-. The molecule has 1 amide bonds. The molecule has 0 aliphatic heterocycles. The van der Waals surface area contributed by atoms with Crippen LogP contribution in [-0.2, 0) is 19.1 Å². The number of carboxylic acids is 1. The fraction of sp³-hybridized carbons (Fsp3) is 0.848. The van der Waals surface area contributed by atoms with Gasteiger partial charge in [-0.05, 0) is 44.6 Å². The van der Waals surface area contributed by atoms with Crippen molar-refractivity contribution in [2.45, 2.75) is 174 Å². The molecule has 0 aromatic heterocycles. The second-order valence-electron chi connectivity index (χ2n) is 11.1. The van der Waals surface area contributed by atoms with Gasteiger partial charge in [0, 0.05) is 12.8 Å². The van der Waals surface area contributed by atoms with Crippen LogP contribution in [0.1, 0.15) is 168 Å². The van der Waals surface area contributed by atoms with Crippen LogP contribution in [0.4, 0.5) is 0 Å². The number of nitrogens with one attached hydrogen (secondary N) is 1. The van der Waals surface area contributed by atoms with Crippen LogP contribution in [0.25, 0.3) is 0 Å². The van der Waals surface area contributed by atoms with Crippen LogP contribution >= 0.6 is 0 Å². The molecular formula is C33H61NO5. The number of carboxylic acid groups (broad SMARTS) is 1. The van der Waals surface area contributed by atoms with Crippen LogP contribution in [-0.4, -0.2) is 35.6 Å². The highest BCUT2D eigenvalue weighted by Crippen LogP contribution is 2.15. The highest BCUT2D eigenvalue weighted by molar-refractivity contribution is 5.80. The molecule has 228 valence electrons. The molecule has 0 saturated carbocycles. The Morgan fingerprint density at radius 3 is 1.72 bits per heavy atom. The lowest BCUT2D eigenvalue weighted by molar-refractivity contribution is -0.147. The number of rotatable bonds is 29. The van der Waals surface area contributed by atoms with Gasteiger partial charge in [-0.2, -0.15) is 0 Å². The molecule has 0 saturated heterocycles. The highest BCUT2D eigenvalue weighted by Gasteiger charge is 2.11. The molecule has 39 heavy (non-hydrogen) atoms. The number of amides is 1. The van der Waals surface area contributed by atoms with Crippen LogP contribution in [0.3, 0.4) is 0 Å². The Morgan fingerprint density at radius 2 is 1.15 bits per heavy atom. The minimum atomic E-state index is -1.02. The van der Waals surface area contributed by atoms with Crippen molar-refractivity contribution in [3.63, 3.8) is 0 Å². The van der Waals surface area contributed by atoms with E-state index in [1.54, 1.807) is 0 Å². The van der Waals surface area contributed by atoms with Gasteiger partial charge < -0.3 is 15.2 Å². The Kier molecular flexibility index (Phi) is 27.8. The maximum absolute atomic E-state index is 12.5. The Bertz CT molecular complexity index is 619. The lowest BCUT2D eigenvalue weighted by Crippen LogP contribution is -2.28. The largest absolute Gasteiger partial charge is 0.480 e. The molecule has 0 aromatic rings. The Labute approximate surface area is 240 Å². The van der Waals surface area contributed by atoms with E-state index >= 15 is 0 Å². The molecule has 0 spiro atoms. The molecule has 0 radical (unpaired) electrons. The van der Waals surface area contributed by atoms with Gasteiger partial charge in [0.25, 0.3) is 0 Å². The number of hydrogen-bond donors (Lipinski definition) is 2. The second kappa shape index (κ2) is 29.1. The third-order valence-corrected chi connectivity index (χ3v) is 7.17. The first-order chi connectivity index (χ1) is 19.0. The molecule has 0 aliphatic carbocycles. The average Bonchev–Trinajstić information content (AvgIpc) is 2.91. The van der Waals surface area contributed by atoms with Crippen molar-refractivity contribution in [2.24, 2.45) is 0 Å². The van der Waals surface area contributed by atoms with Gasteiger partial charge in [0.15, 0.2) is 0 Å². The Morgan fingerprint density at radius 1 is 0.667 bits per heavy atom. The molecule has 0 aliphatic rings. The maximum Gasteiger partial charge on any atom is 0.322 e. The lowest BCUT2D eigenvalue weighted by Gasteiger charge is -2.15. The maximum atomic E-state index is 12.5. The van der Waals surface area contributed by atoms with E-state index < -0.39 is 5.97 Å². The van der Waals surface area contributed by atoms with Gasteiger partial charge in [-0.3, -0.25) is 14.4 Å². The normalized spacial score (nSPS) is 12.1. The molecule has 1 atom stereocenters. The number of esters is 1. The highest BCUT2D eigenvalue weighted by atomic mass is 16.5. The molecule has 0 heterocycles. The van der Waals surface area contributed by atoms with Gasteiger partial charge in [-0.1, -0.05) is 123 Å². The summed E-state index contributed by atoms with van der Waals surface area (Å²) in [6.45, 7) is 4.17. The van der Waals surface area contributed by atoms with E-state index in [0.717, 1.165) is 64.2 Å². The summed E-state index contributed by atoms with van der Waals surface area (Å²) >= 11 is 0. The molecule has 0 aromatic carbocycles. The molecule has 6 heteroatoms. The van der Waals surface area contributed by atoms with E-state index in [4.69, 9.17) is 9.84 Å². The number of hydrogen-bond acceptors (Lipinski definition) is 4. The summed E-state index contributed by atoms with van der Waals surface area (Å²) in [5.41, 5.74) is 0. The van der Waals surface area contributed by atoms with E-state index in [0.29, 0.717) is 12.8 Å². The summed E-state index contributed by atoms with van der Waals surface area (Å²) < 4.78 is 5.87. The zero-order valence-electron chi connectivity index (χ0n) is 25.5. The fourth-order valence-electron chi connectivity index (χ4n) is 4.72. The van der Waals surface area contributed by atoms with E-state index in [1.807, 2.05) is 0 Å². The fourth-order valence-corrected chi connectivity index (χ4v) is 4.72. The van der Waals surface area contributed by atoms with Gasteiger partial charge in [-0.15, -0.1) is 0 Å². The van der Waals surface area contributed by atoms with Crippen molar-refractivity contribution < 1.29 is 24.2 Å². The topological polar surface area (TPSA) is 92.7 Å². The number of ether oxygens (including phenoxy) is 1. The summed E-state index contributed by atoms with van der Waals surface area (Å²) in [4.78, 5) is 34.5. The van der Waals surface area contributed by atoms with Crippen LogP contribution in [0, 0.1) is 0 Å². The molecular weight excluding hydrogens is 490 g/mol. The summed E-state index contributed by atoms with van der Waals surface area (Å²) in [5.74, 6) is -1.27. The van der Waals surface area contributed by atoms with Crippen LogP contribution in [0.5, 0.6) is 0 Å². The first-order valence-electron chi connectivity index (χ1n) is 16.3. The van der Waals surface area contributed by atoms with Crippen LogP contribution in [0.15, 0.2) is 12.2 Å². The summed E-state index contributed by atoms with van der Waals surface area (Å²) in [6, 6.07) is 0. The number of aliphatic carboxylic acids is 1. The molecule has 0 bridgehead atoms. The van der Waals surface area contributed by atoms with Gasteiger partial charge in [0.05, 0.1) is 0 Å². The number of allylic oxidation sites excluding steroid dienone is 1. The average molecular weight is 552 g/mol. The van der Waals surface area contributed by atoms with E-state index in [1.165, 1.54) is 77.0 Å². The molecule has 2 N–H and O–H groups in total. The summed E-state index contributed by atoms with van der Waals surface area (Å²) in [5, 5.41) is 11.0. The van der Waals surface area contributed by atoms with Gasteiger partial charge >= 0.3 is 11.9 Å². The van der Waals surface area contributed by atoms with Gasteiger partial charge in [0.2, 0.25) is 5.91 Å². The van der Waals surface area contributed by atoms with E-state index in [9.17, 15) is 14.4 Å². The third-order valence-electron chi connectivity index (χ3n) is 7.17. The van der Waals surface area contributed by atoms with E-state index in [-0.39, 0.29) is 24.5 Å². The zero-order valence-corrected chi connectivity index (χ0v) is 25.5. The van der Waals surface area contributed by atoms with Crippen molar-refractivity contribution in [3.05, 3.63) is 12.2 Å². The second-order valence-corrected chi connectivity index (χ2v) is 11.1. The smallest absolute Gasteiger partial charge is 0.322 e. The minimum Gasteiger partial charge on any atom is -0.480 e. The SMILES string of the molecule is CCCCCCCC/C=C\C(CCCCCCCCC(=O)NCC(=O)O)OC(=O)CCCCCCCCCC. The van der Waals surface area contributed by atoms with Crippen molar-refractivity contribution in [3.8, 4) is 0 Å². The monoisotopic (exact) mass is 551 g/mol. The Hall–Kier alpha value is -1.85. The third kappa shape index (κ3) is 29.0. The predicted molar refractivity (Wildman–Crippen MR) is 162 cm³/mol. The van der Waals surface area contributed by atoms with Crippen LogP contribution in [0.2, 0.25) is 0 Å². The van der Waals surface area contributed by atoms with Crippen molar-refractivity contribution in [1.82, 2.24) is 5.32 Å². The van der Waals surface area contributed by atoms with Crippen molar-refractivity contribution in [1.29, 1.82) is 0 Å². The van der Waals surface area contributed by atoms with Crippen molar-refractivity contribution >= 4 is 17.8 Å². The summed E-state index contributed by atoms with van der Waals surface area (Å²) in [6.07, 6.45) is 30.5. The number of carbonyl (C=O) groups excluding carboxylic acids is 2. The number of unbranched alkanes of at least 4 members (excludes halogenated alkanes) is 18. The van der Waals surface area contributed by atoms with Gasteiger partial charge in [-0.25, -0.2) is 0 Å². The predicted octanol–water partition coefficient (Wildman–Crippen LogP) is 9.06. The Balaban J connectivity index is 4.19. The minimum absolute atomic E-state index is 0.0589. The van der Waals surface area contributed by atoms with Gasteiger partial charge in [0.1, 0.15) is 12.6 Å². The zero-order chi connectivity index (χ0) is 28.8. The van der Waals surface area contributed by atoms with Crippen LogP contribution < -0.4 is 5.32 Å². The number of carbonyl (C=O) groups is 3.